The van der Waals surface area contributed by atoms with Crippen molar-refractivity contribution in [2.24, 2.45) is 7.05 Å². The van der Waals surface area contributed by atoms with Crippen molar-refractivity contribution < 1.29 is 9.13 Å². The number of benzene rings is 2. The lowest BCUT2D eigenvalue weighted by atomic mass is 9.92. The highest BCUT2D eigenvalue weighted by atomic mass is 32.1. The Bertz CT molecular complexity index is 1470. The van der Waals surface area contributed by atoms with Crippen LogP contribution in [0, 0.1) is 31.0 Å². The van der Waals surface area contributed by atoms with Crippen molar-refractivity contribution in [2.45, 2.75) is 32.1 Å². The van der Waals surface area contributed by atoms with Gasteiger partial charge in [0.2, 0.25) is 0 Å². The van der Waals surface area contributed by atoms with Crippen LogP contribution in [-0.2, 0) is 12.5 Å². The summed E-state index contributed by atoms with van der Waals surface area (Å²) >= 11 is 1.41. The number of hydrogen-bond acceptors (Lipinski definition) is 4. The average molecular weight is 445 g/mol. The van der Waals surface area contributed by atoms with E-state index in [4.69, 9.17) is 4.74 Å². The van der Waals surface area contributed by atoms with Crippen molar-refractivity contribution in [1.82, 2.24) is 4.57 Å². The maximum Gasteiger partial charge on any atom is 0.268 e. The number of aryl methyl sites for hydroxylation is 3. The summed E-state index contributed by atoms with van der Waals surface area (Å²) in [5, 5.41) is 12.5. The predicted octanol–water partition coefficient (Wildman–Crippen LogP) is 6.37. The summed E-state index contributed by atoms with van der Waals surface area (Å²) in [4.78, 5) is 12.6. The number of fused-ring (bicyclic) bond motifs is 1. The molecular weight excluding hydrogens is 423 g/mol. The zero-order chi connectivity index (χ0) is 22.6. The Balaban J connectivity index is 1.75. The van der Waals surface area contributed by atoms with Gasteiger partial charge in [0.15, 0.2) is 0 Å². The quantitative estimate of drug-likeness (QED) is 0.367. The first-order valence-electron chi connectivity index (χ1n) is 10.4. The van der Waals surface area contributed by atoms with Crippen LogP contribution in [0.25, 0.3) is 21.2 Å². The van der Waals surface area contributed by atoms with E-state index in [9.17, 15) is 14.4 Å². The molecule has 4 aromatic rings. The molecule has 0 atom stereocenters. The number of nitrogens with zero attached hydrogens (tertiary/aromatic N) is 2. The lowest BCUT2D eigenvalue weighted by Gasteiger charge is -2.18. The minimum absolute atomic E-state index is 0.0433. The summed E-state index contributed by atoms with van der Waals surface area (Å²) in [7, 11) is 1.74. The number of rotatable bonds is 4. The van der Waals surface area contributed by atoms with Gasteiger partial charge in [0.25, 0.3) is 5.56 Å². The maximum absolute atomic E-state index is 13.8. The predicted molar refractivity (Wildman–Crippen MR) is 125 cm³/mol. The fraction of sp³-hybridized carbons (Fsp3) is 0.231. The second-order valence-electron chi connectivity index (χ2n) is 8.50. The third kappa shape index (κ3) is 3.21. The summed E-state index contributed by atoms with van der Waals surface area (Å²) in [5.74, 6) is 0.908. The minimum Gasteiger partial charge on any atom is -0.456 e. The van der Waals surface area contributed by atoms with Crippen LogP contribution in [0.4, 0.5) is 4.39 Å². The second kappa shape index (κ2) is 7.32. The molecule has 160 valence electrons. The molecule has 2 aromatic heterocycles. The number of thiophene rings is 1. The Kier molecular flexibility index (Phi) is 4.68. The van der Waals surface area contributed by atoms with Crippen molar-refractivity contribution in [3.05, 3.63) is 80.8 Å². The van der Waals surface area contributed by atoms with Gasteiger partial charge in [-0.1, -0.05) is 6.07 Å². The molecule has 2 heterocycles. The SMILES string of the molecule is Cc1cc(F)cc(C)c1Oc1ccc(C2(C#N)CC2)cc1-c1cn(C)c(=O)c2sccc12. The smallest absolute Gasteiger partial charge is 0.268 e. The number of nitriles is 1. The molecule has 1 fully saturated rings. The van der Waals surface area contributed by atoms with Crippen LogP contribution >= 0.6 is 11.3 Å². The van der Waals surface area contributed by atoms with Gasteiger partial charge in [0.05, 0.1) is 11.5 Å². The van der Waals surface area contributed by atoms with Gasteiger partial charge in [-0.2, -0.15) is 5.26 Å². The summed E-state index contributed by atoms with van der Waals surface area (Å²) in [5.41, 5.74) is 3.54. The van der Waals surface area contributed by atoms with Gasteiger partial charge in [-0.25, -0.2) is 4.39 Å². The molecule has 32 heavy (non-hydrogen) atoms. The first-order chi connectivity index (χ1) is 15.3. The molecule has 0 saturated heterocycles. The van der Waals surface area contributed by atoms with Crippen LogP contribution in [0.1, 0.15) is 29.5 Å². The molecule has 6 heteroatoms. The zero-order valence-corrected chi connectivity index (χ0v) is 18.8. The van der Waals surface area contributed by atoms with E-state index < -0.39 is 5.41 Å². The molecule has 0 amide bonds. The van der Waals surface area contributed by atoms with Gasteiger partial charge in [0.1, 0.15) is 22.0 Å². The molecule has 0 aliphatic heterocycles. The molecule has 0 spiro atoms. The van der Waals surface area contributed by atoms with E-state index >= 15 is 0 Å². The third-order valence-electron chi connectivity index (χ3n) is 6.22. The number of aromatic nitrogens is 1. The zero-order valence-electron chi connectivity index (χ0n) is 18.0. The summed E-state index contributed by atoms with van der Waals surface area (Å²) in [6.45, 7) is 3.63. The van der Waals surface area contributed by atoms with Gasteiger partial charge in [-0.3, -0.25) is 4.79 Å². The second-order valence-corrected chi connectivity index (χ2v) is 9.41. The molecule has 1 aliphatic carbocycles. The molecule has 4 nitrogen and oxygen atoms in total. The maximum atomic E-state index is 13.8. The van der Waals surface area contributed by atoms with Crippen molar-refractivity contribution in [1.29, 1.82) is 5.26 Å². The van der Waals surface area contributed by atoms with E-state index in [1.54, 1.807) is 11.6 Å². The number of hydrogen-bond donors (Lipinski definition) is 0. The Labute approximate surface area is 189 Å². The first-order valence-corrected chi connectivity index (χ1v) is 11.3. The van der Waals surface area contributed by atoms with E-state index in [1.165, 1.54) is 23.5 Å². The van der Waals surface area contributed by atoms with Crippen LogP contribution in [0.5, 0.6) is 11.5 Å². The molecule has 0 radical (unpaired) electrons. The number of halogens is 1. The molecule has 5 rings (SSSR count). The topological polar surface area (TPSA) is 55.0 Å². The Morgan fingerprint density at radius 3 is 2.50 bits per heavy atom. The third-order valence-corrected chi connectivity index (χ3v) is 7.12. The molecule has 0 unspecified atom stereocenters. The lowest BCUT2D eigenvalue weighted by molar-refractivity contribution is 0.474. The van der Waals surface area contributed by atoms with Crippen LogP contribution in [0.15, 0.2) is 52.8 Å². The first kappa shape index (κ1) is 20.5. The van der Waals surface area contributed by atoms with E-state index in [2.05, 4.69) is 6.07 Å². The number of pyridine rings is 1. The largest absolute Gasteiger partial charge is 0.456 e. The average Bonchev–Trinajstić information content (AvgIpc) is 3.41. The van der Waals surface area contributed by atoms with E-state index in [0.717, 1.165) is 34.9 Å². The molecule has 1 saturated carbocycles. The minimum atomic E-state index is -0.455. The van der Waals surface area contributed by atoms with Gasteiger partial charge in [-0.05, 0) is 79.1 Å². The molecule has 1 aliphatic rings. The van der Waals surface area contributed by atoms with E-state index in [1.807, 2.05) is 49.7 Å². The lowest BCUT2D eigenvalue weighted by Crippen LogP contribution is -2.15. The fourth-order valence-electron chi connectivity index (χ4n) is 4.27. The van der Waals surface area contributed by atoms with E-state index in [-0.39, 0.29) is 11.4 Å². The molecule has 0 N–H and O–H groups in total. The van der Waals surface area contributed by atoms with Crippen molar-refractivity contribution in [3.63, 3.8) is 0 Å². The number of ether oxygens (including phenoxy) is 1. The normalized spacial score (nSPS) is 14.3. The molecule has 0 bridgehead atoms. The highest BCUT2D eigenvalue weighted by Crippen LogP contribution is 2.50. The Morgan fingerprint density at radius 2 is 1.84 bits per heavy atom. The summed E-state index contributed by atoms with van der Waals surface area (Å²) in [6, 6.07) is 13.1. The van der Waals surface area contributed by atoms with Gasteiger partial charge < -0.3 is 9.30 Å². The van der Waals surface area contributed by atoms with Crippen molar-refractivity contribution in [3.8, 4) is 28.7 Å². The Hall–Kier alpha value is -3.43. The highest BCUT2D eigenvalue weighted by Gasteiger charge is 2.45. The molecular formula is C26H21FN2O2S. The van der Waals surface area contributed by atoms with E-state index in [0.29, 0.717) is 27.3 Å². The van der Waals surface area contributed by atoms with Crippen LogP contribution < -0.4 is 10.3 Å². The van der Waals surface area contributed by atoms with Crippen LogP contribution in [0.2, 0.25) is 0 Å². The van der Waals surface area contributed by atoms with Gasteiger partial charge in [0, 0.05) is 29.8 Å². The fourth-order valence-corrected chi connectivity index (χ4v) is 5.16. The monoisotopic (exact) mass is 444 g/mol. The van der Waals surface area contributed by atoms with Crippen molar-refractivity contribution in [2.75, 3.05) is 0 Å². The summed E-state index contributed by atoms with van der Waals surface area (Å²) < 4.78 is 22.4. The standard InChI is InChI=1S/C26H21FN2O2S/c1-15-10-18(27)11-16(2)23(15)31-22-5-4-17(26(14-28)7-8-26)12-20(22)21-13-29(3)25(30)24-19(21)6-9-32-24/h4-6,9-13H,7-8H2,1-3H3. The van der Waals surface area contributed by atoms with Crippen LogP contribution in [-0.4, -0.2) is 4.57 Å². The van der Waals surface area contributed by atoms with Crippen molar-refractivity contribution >= 4 is 21.4 Å². The summed E-state index contributed by atoms with van der Waals surface area (Å²) in [6.07, 6.45) is 3.49. The Morgan fingerprint density at radius 1 is 1.12 bits per heavy atom. The highest BCUT2D eigenvalue weighted by molar-refractivity contribution is 7.17. The molecule has 2 aromatic carbocycles. The van der Waals surface area contributed by atoms with Gasteiger partial charge >= 0.3 is 0 Å². The van der Waals surface area contributed by atoms with Crippen LogP contribution in [0.3, 0.4) is 0 Å². The van der Waals surface area contributed by atoms with Gasteiger partial charge in [-0.15, -0.1) is 11.3 Å².